The largest absolute Gasteiger partial charge is 0.494 e. The maximum Gasteiger partial charge on any atom is 0.147 e. The number of nitrogens with zero attached hydrogens (tertiary/aromatic N) is 5. The van der Waals surface area contributed by atoms with Crippen molar-refractivity contribution >= 4 is 30.7 Å². The first kappa shape index (κ1) is 25.4. The lowest BCUT2D eigenvalue weighted by molar-refractivity contribution is 0.0818. The van der Waals surface area contributed by atoms with Crippen molar-refractivity contribution in [3.63, 3.8) is 0 Å². The summed E-state index contributed by atoms with van der Waals surface area (Å²) in [6.07, 6.45) is 3.37. The van der Waals surface area contributed by atoms with E-state index < -0.39 is 8.07 Å². The monoisotopic (exact) mass is 531 g/mol. The first-order chi connectivity index (χ1) is 17.8. The minimum absolute atomic E-state index is 0.0866. The molecule has 0 fully saturated rings. The van der Waals surface area contributed by atoms with Gasteiger partial charge in [0.25, 0.3) is 0 Å². The Labute approximate surface area is 223 Å². The molecule has 1 aromatic carbocycles. The van der Waals surface area contributed by atoms with E-state index in [0.717, 1.165) is 57.9 Å². The lowest BCUT2D eigenvalue weighted by atomic mass is 9.97. The number of hydrogen-bond acceptors (Lipinski definition) is 6. The average Bonchev–Trinajstić information content (AvgIpc) is 3.46. The van der Waals surface area contributed by atoms with Gasteiger partial charge in [0.05, 0.1) is 24.6 Å². The SMILES string of the molecule is COc1cc2c(nc1-c1cccc3c1CCC3C#N)c(-c1ccc(Cl)nc1)nn2COCC[Si](C)(C)C. The van der Waals surface area contributed by atoms with E-state index >= 15 is 0 Å². The number of hydrogen-bond donors (Lipinski definition) is 0. The number of pyridine rings is 2. The number of ether oxygens (including phenoxy) is 2. The first-order valence-electron chi connectivity index (χ1n) is 12.5. The molecule has 0 spiro atoms. The molecule has 0 bridgehead atoms. The highest BCUT2D eigenvalue weighted by Crippen LogP contribution is 2.42. The standard InChI is InChI=1S/C28H30ClN5O2Si/c1-35-24-14-23-28(32-27(24)22-7-5-6-20-18(15-30)8-10-21(20)22)26(19-9-11-25(29)31-16-19)33-34(23)17-36-12-13-37(2,3)4/h5-7,9,11,14,16,18H,8,10,12-13,17H2,1-4H3. The number of aromatic nitrogens is 4. The van der Waals surface area contributed by atoms with Gasteiger partial charge in [-0.15, -0.1) is 0 Å². The summed E-state index contributed by atoms with van der Waals surface area (Å²) >= 11 is 6.06. The van der Waals surface area contributed by atoms with Gasteiger partial charge >= 0.3 is 0 Å². The van der Waals surface area contributed by atoms with Gasteiger partial charge in [0.2, 0.25) is 0 Å². The first-order valence-corrected chi connectivity index (χ1v) is 16.5. The second kappa shape index (κ2) is 10.2. The third-order valence-corrected chi connectivity index (χ3v) is 8.73. The molecule has 0 amide bonds. The second-order valence-corrected chi connectivity index (χ2v) is 16.6. The van der Waals surface area contributed by atoms with Gasteiger partial charge in [0.15, 0.2) is 0 Å². The van der Waals surface area contributed by atoms with Crippen molar-refractivity contribution in [2.45, 2.75) is 51.2 Å². The summed E-state index contributed by atoms with van der Waals surface area (Å²) in [5.74, 6) is 0.571. The second-order valence-electron chi connectivity index (χ2n) is 10.6. The molecule has 0 N–H and O–H groups in total. The van der Waals surface area contributed by atoms with E-state index in [1.807, 2.05) is 28.9 Å². The smallest absolute Gasteiger partial charge is 0.147 e. The zero-order chi connectivity index (χ0) is 26.2. The Morgan fingerprint density at radius 2 is 2.03 bits per heavy atom. The summed E-state index contributed by atoms with van der Waals surface area (Å²) in [6.45, 7) is 8.01. The highest BCUT2D eigenvalue weighted by atomic mass is 35.5. The Morgan fingerprint density at radius 3 is 2.73 bits per heavy atom. The van der Waals surface area contributed by atoms with Crippen molar-refractivity contribution in [1.29, 1.82) is 5.26 Å². The highest BCUT2D eigenvalue weighted by molar-refractivity contribution is 6.76. The molecular weight excluding hydrogens is 502 g/mol. The molecule has 9 heteroatoms. The topological polar surface area (TPSA) is 85.9 Å². The number of nitriles is 1. The van der Waals surface area contributed by atoms with Crippen LogP contribution in [0, 0.1) is 11.3 Å². The van der Waals surface area contributed by atoms with E-state index in [1.54, 1.807) is 19.4 Å². The van der Waals surface area contributed by atoms with E-state index in [9.17, 15) is 5.26 Å². The predicted octanol–water partition coefficient (Wildman–Crippen LogP) is 6.69. The molecule has 0 saturated carbocycles. The van der Waals surface area contributed by atoms with E-state index in [1.165, 1.54) is 0 Å². The maximum absolute atomic E-state index is 9.61. The van der Waals surface area contributed by atoms with E-state index in [0.29, 0.717) is 29.9 Å². The molecule has 1 aliphatic carbocycles. The lowest BCUT2D eigenvalue weighted by Crippen LogP contribution is -2.22. The van der Waals surface area contributed by atoms with Crippen molar-refractivity contribution in [3.05, 3.63) is 58.9 Å². The molecule has 1 aliphatic rings. The van der Waals surface area contributed by atoms with Gasteiger partial charge in [-0.1, -0.05) is 49.4 Å². The number of benzene rings is 1. The number of rotatable bonds is 8. The predicted molar refractivity (Wildman–Crippen MR) is 149 cm³/mol. The summed E-state index contributed by atoms with van der Waals surface area (Å²) in [5.41, 5.74) is 7.07. The van der Waals surface area contributed by atoms with E-state index in [4.69, 9.17) is 31.2 Å². The normalized spacial score (nSPS) is 15.1. The van der Waals surface area contributed by atoms with Gasteiger partial charge in [-0.05, 0) is 42.1 Å². The van der Waals surface area contributed by atoms with Gasteiger partial charge in [-0.3, -0.25) is 0 Å². The molecule has 3 aromatic heterocycles. The average molecular weight is 532 g/mol. The van der Waals surface area contributed by atoms with Crippen LogP contribution in [0.1, 0.15) is 23.5 Å². The molecule has 37 heavy (non-hydrogen) atoms. The molecule has 4 aromatic rings. The highest BCUT2D eigenvalue weighted by Gasteiger charge is 2.27. The summed E-state index contributed by atoms with van der Waals surface area (Å²) in [4.78, 5) is 9.39. The van der Waals surface area contributed by atoms with Crippen LogP contribution in [0.3, 0.4) is 0 Å². The van der Waals surface area contributed by atoms with Crippen LogP contribution < -0.4 is 4.74 Å². The molecule has 0 radical (unpaired) electrons. The Kier molecular flexibility index (Phi) is 7.04. The number of halogens is 1. The minimum atomic E-state index is -1.21. The van der Waals surface area contributed by atoms with Crippen molar-refractivity contribution in [1.82, 2.24) is 19.7 Å². The van der Waals surface area contributed by atoms with E-state index in [2.05, 4.69) is 36.8 Å². The zero-order valence-electron chi connectivity index (χ0n) is 21.6. The number of methoxy groups -OCH3 is 1. The van der Waals surface area contributed by atoms with Crippen molar-refractivity contribution in [3.8, 4) is 34.3 Å². The Balaban J connectivity index is 1.64. The Hall–Kier alpha value is -3.25. The zero-order valence-corrected chi connectivity index (χ0v) is 23.3. The van der Waals surface area contributed by atoms with E-state index in [-0.39, 0.29) is 5.92 Å². The molecule has 1 atom stereocenters. The van der Waals surface area contributed by atoms with Crippen LogP contribution in [-0.2, 0) is 17.9 Å². The van der Waals surface area contributed by atoms with Crippen LogP contribution in [-0.4, -0.2) is 41.5 Å². The molecule has 3 heterocycles. The van der Waals surface area contributed by atoms with Gasteiger partial charge in [0.1, 0.15) is 34.5 Å². The van der Waals surface area contributed by atoms with Crippen LogP contribution in [0.15, 0.2) is 42.6 Å². The summed E-state index contributed by atoms with van der Waals surface area (Å²) in [6, 6.07) is 15.2. The summed E-state index contributed by atoms with van der Waals surface area (Å²) in [7, 11) is 0.450. The Morgan fingerprint density at radius 1 is 1.19 bits per heavy atom. The molecule has 0 aliphatic heterocycles. The van der Waals surface area contributed by atoms with Crippen molar-refractivity contribution < 1.29 is 9.47 Å². The third kappa shape index (κ3) is 5.12. The van der Waals surface area contributed by atoms with Gasteiger partial charge < -0.3 is 9.47 Å². The summed E-state index contributed by atoms with van der Waals surface area (Å²) in [5, 5.41) is 14.9. The van der Waals surface area contributed by atoms with Crippen LogP contribution in [0.2, 0.25) is 30.8 Å². The molecule has 7 nitrogen and oxygen atoms in total. The van der Waals surface area contributed by atoms with Crippen LogP contribution in [0.4, 0.5) is 0 Å². The van der Waals surface area contributed by atoms with Crippen LogP contribution in [0.5, 0.6) is 5.75 Å². The molecular formula is C28H30ClN5O2Si. The quantitative estimate of drug-likeness (QED) is 0.143. The van der Waals surface area contributed by atoms with Crippen molar-refractivity contribution in [2.24, 2.45) is 0 Å². The fourth-order valence-electron chi connectivity index (χ4n) is 4.78. The van der Waals surface area contributed by atoms with Crippen LogP contribution >= 0.6 is 11.6 Å². The molecule has 0 saturated heterocycles. The third-order valence-electron chi connectivity index (χ3n) is 6.80. The maximum atomic E-state index is 9.61. The molecule has 190 valence electrons. The number of fused-ring (bicyclic) bond motifs is 2. The fraction of sp³-hybridized carbons (Fsp3) is 0.357. The van der Waals surface area contributed by atoms with Crippen LogP contribution in [0.25, 0.3) is 33.5 Å². The van der Waals surface area contributed by atoms with Crippen molar-refractivity contribution in [2.75, 3.05) is 13.7 Å². The molecule has 5 rings (SSSR count). The molecule has 1 unspecified atom stereocenters. The van der Waals surface area contributed by atoms with Gasteiger partial charge in [-0.25, -0.2) is 14.6 Å². The minimum Gasteiger partial charge on any atom is -0.494 e. The van der Waals surface area contributed by atoms with Gasteiger partial charge in [0, 0.05) is 38.1 Å². The lowest BCUT2D eigenvalue weighted by Gasteiger charge is -2.15. The Bertz CT molecular complexity index is 1490. The van der Waals surface area contributed by atoms with Gasteiger partial charge in [-0.2, -0.15) is 10.4 Å². The summed E-state index contributed by atoms with van der Waals surface area (Å²) < 4.78 is 13.7. The fourth-order valence-corrected chi connectivity index (χ4v) is 5.64.